The number of ether oxygens (including phenoxy) is 2. The van der Waals surface area contributed by atoms with E-state index in [9.17, 15) is 14.2 Å². The van der Waals surface area contributed by atoms with Gasteiger partial charge in [0.1, 0.15) is 6.61 Å². The minimum atomic E-state index is -4.75. The number of hydrogen-bond donors (Lipinski definition) is 2. The summed E-state index contributed by atoms with van der Waals surface area (Å²) in [6.45, 7) is 3.68. The fourth-order valence-electron chi connectivity index (χ4n) is 5.96. The summed E-state index contributed by atoms with van der Waals surface area (Å²) < 4.78 is 26.3. The van der Waals surface area contributed by atoms with Gasteiger partial charge in [-0.05, 0) is 38.5 Å². The van der Waals surface area contributed by atoms with Crippen LogP contribution < -0.4 is 0 Å². The topological polar surface area (TPSA) is 119 Å². The SMILES string of the molecule is CCCCCCCCCCC/C=C/CCCCC(=O)O[C@H](COC(=O)CCCCCCCCCCCCCCCCCC)COP(=O)(O)O. The Morgan fingerprint density at radius 3 is 1.29 bits per heavy atom. The quantitative estimate of drug-likeness (QED) is 0.0280. The van der Waals surface area contributed by atoms with Gasteiger partial charge in [-0.1, -0.05) is 174 Å². The van der Waals surface area contributed by atoms with Crippen LogP contribution in [0.2, 0.25) is 0 Å². The highest BCUT2D eigenvalue weighted by Crippen LogP contribution is 2.36. The highest BCUT2D eigenvalue weighted by atomic mass is 31.2. The molecular formula is C40H77O8P. The molecule has 0 aliphatic rings. The first-order valence-corrected chi connectivity index (χ1v) is 22.0. The molecule has 0 amide bonds. The van der Waals surface area contributed by atoms with E-state index < -0.39 is 32.5 Å². The lowest BCUT2D eigenvalue weighted by molar-refractivity contribution is -0.161. The van der Waals surface area contributed by atoms with Crippen molar-refractivity contribution in [2.75, 3.05) is 13.2 Å². The van der Waals surface area contributed by atoms with E-state index in [0.717, 1.165) is 38.5 Å². The monoisotopic (exact) mass is 717 g/mol. The smallest absolute Gasteiger partial charge is 0.462 e. The minimum absolute atomic E-state index is 0.186. The average Bonchev–Trinajstić information content (AvgIpc) is 3.07. The van der Waals surface area contributed by atoms with Crippen molar-refractivity contribution in [2.24, 2.45) is 0 Å². The zero-order valence-electron chi connectivity index (χ0n) is 31.9. The molecule has 0 aromatic carbocycles. The fraction of sp³-hybridized carbons (Fsp3) is 0.900. The molecule has 0 heterocycles. The molecule has 0 aromatic rings. The van der Waals surface area contributed by atoms with Gasteiger partial charge in [-0.2, -0.15) is 0 Å². The molecule has 0 saturated heterocycles. The second-order valence-electron chi connectivity index (χ2n) is 14.0. The first kappa shape index (κ1) is 47.8. The molecular weight excluding hydrogens is 639 g/mol. The van der Waals surface area contributed by atoms with Crippen LogP contribution in [0.1, 0.15) is 213 Å². The van der Waals surface area contributed by atoms with Crippen LogP contribution in [0.15, 0.2) is 12.2 Å². The Hall–Kier alpha value is -1.21. The highest BCUT2D eigenvalue weighted by molar-refractivity contribution is 7.46. The zero-order chi connectivity index (χ0) is 36.1. The molecule has 290 valence electrons. The van der Waals surface area contributed by atoms with Crippen LogP contribution in [-0.2, 0) is 28.2 Å². The summed E-state index contributed by atoms with van der Waals surface area (Å²) in [6.07, 6.45) is 39.3. The number of rotatable bonds is 38. The van der Waals surface area contributed by atoms with E-state index in [1.54, 1.807) is 0 Å². The van der Waals surface area contributed by atoms with Crippen molar-refractivity contribution in [3.05, 3.63) is 12.2 Å². The Labute approximate surface area is 301 Å². The summed E-state index contributed by atoms with van der Waals surface area (Å²) in [5.74, 6) is -0.899. The van der Waals surface area contributed by atoms with Gasteiger partial charge in [-0.15, -0.1) is 0 Å². The molecule has 0 radical (unpaired) electrons. The van der Waals surface area contributed by atoms with Crippen LogP contribution in [0.5, 0.6) is 0 Å². The van der Waals surface area contributed by atoms with Gasteiger partial charge in [0.2, 0.25) is 0 Å². The van der Waals surface area contributed by atoms with Gasteiger partial charge in [-0.3, -0.25) is 14.1 Å². The molecule has 0 unspecified atom stereocenters. The standard InChI is InChI=1S/C40H77O8P/c1-3-5-7-9-11-13-15-17-19-21-22-24-26-28-30-32-34-39(41)46-36-38(37-47-49(43,44)45)48-40(42)35-33-31-29-27-25-23-20-18-16-14-12-10-8-6-4-2/h25,27,38H,3-24,26,28-37H2,1-2H3,(H2,43,44,45)/b27-25+/t38-/m1/s1. The lowest BCUT2D eigenvalue weighted by Crippen LogP contribution is -2.29. The van der Waals surface area contributed by atoms with Gasteiger partial charge in [0.05, 0.1) is 6.61 Å². The molecule has 2 N–H and O–H groups in total. The normalized spacial score (nSPS) is 12.5. The summed E-state index contributed by atoms with van der Waals surface area (Å²) in [5.41, 5.74) is 0. The number of unbranched alkanes of at least 4 members (excludes halogenated alkanes) is 26. The molecule has 0 rings (SSSR count). The fourth-order valence-corrected chi connectivity index (χ4v) is 6.32. The highest BCUT2D eigenvalue weighted by Gasteiger charge is 2.22. The van der Waals surface area contributed by atoms with Crippen molar-refractivity contribution in [3.63, 3.8) is 0 Å². The largest absolute Gasteiger partial charge is 0.469 e. The summed E-state index contributed by atoms with van der Waals surface area (Å²) in [4.78, 5) is 42.8. The maximum Gasteiger partial charge on any atom is 0.469 e. The number of hydrogen-bond acceptors (Lipinski definition) is 6. The molecule has 0 spiro atoms. The Kier molecular flexibility index (Phi) is 35.7. The number of carbonyl (C=O) groups excluding carboxylic acids is 2. The van der Waals surface area contributed by atoms with Gasteiger partial charge >= 0.3 is 19.8 Å². The molecule has 0 aliphatic heterocycles. The lowest BCUT2D eigenvalue weighted by atomic mass is 10.0. The van der Waals surface area contributed by atoms with Crippen molar-refractivity contribution >= 4 is 19.8 Å². The third-order valence-electron chi connectivity index (χ3n) is 9.03. The number of phosphoric acid groups is 1. The summed E-state index contributed by atoms with van der Waals surface area (Å²) >= 11 is 0. The van der Waals surface area contributed by atoms with Crippen LogP contribution in [0.4, 0.5) is 0 Å². The Bertz CT molecular complexity index is 812. The van der Waals surface area contributed by atoms with Crippen molar-refractivity contribution in [3.8, 4) is 0 Å². The number of allylic oxidation sites excluding steroid dienone is 2. The van der Waals surface area contributed by atoms with E-state index in [0.29, 0.717) is 6.42 Å². The second-order valence-corrected chi connectivity index (χ2v) is 15.2. The number of carbonyl (C=O) groups is 2. The predicted octanol–water partition coefficient (Wildman–Crippen LogP) is 12.2. The van der Waals surface area contributed by atoms with E-state index >= 15 is 0 Å². The third kappa shape index (κ3) is 39.4. The van der Waals surface area contributed by atoms with E-state index in [4.69, 9.17) is 19.3 Å². The summed E-state index contributed by atoms with van der Waals surface area (Å²) in [7, 11) is -4.75. The predicted molar refractivity (Wildman–Crippen MR) is 202 cm³/mol. The van der Waals surface area contributed by atoms with Gasteiger partial charge in [0.25, 0.3) is 0 Å². The molecule has 1 atom stereocenters. The molecule has 49 heavy (non-hydrogen) atoms. The Morgan fingerprint density at radius 1 is 0.510 bits per heavy atom. The summed E-state index contributed by atoms with van der Waals surface area (Å²) in [5, 5.41) is 0. The Balaban J connectivity index is 3.92. The van der Waals surface area contributed by atoms with E-state index in [1.165, 1.54) is 141 Å². The van der Waals surface area contributed by atoms with Crippen molar-refractivity contribution < 1.29 is 37.9 Å². The van der Waals surface area contributed by atoms with Gasteiger partial charge in [0, 0.05) is 12.8 Å². The second kappa shape index (κ2) is 36.6. The van der Waals surface area contributed by atoms with Crippen LogP contribution in [0, 0.1) is 0 Å². The minimum Gasteiger partial charge on any atom is -0.462 e. The summed E-state index contributed by atoms with van der Waals surface area (Å²) in [6, 6.07) is 0. The van der Waals surface area contributed by atoms with Gasteiger partial charge < -0.3 is 19.3 Å². The first-order chi connectivity index (χ1) is 23.8. The zero-order valence-corrected chi connectivity index (χ0v) is 32.8. The number of phosphoric ester groups is 1. The van der Waals surface area contributed by atoms with Gasteiger partial charge in [0.15, 0.2) is 6.10 Å². The van der Waals surface area contributed by atoms with Crippen LogP contribution in [-0.4, -0.2) is 41.0 Å². The molecule has 0 fully saturated rings. The molecule has 0 aliphatic carbocycles. The van der Waals surface area contributed by atoms with E-state index in [-0.39, 0.29) is 19.4 Å². The molecule has 8 nitrogen and oxygen atoms in total. The Morgan fingerprint density at radius 2 is 0.857 bits per heavy atom. The van der Waals surface area contributed by atoms with Crippen molar-refractivity contribution in [2.45, 2.75) is 219 Å². The average molecular weight is 717 g/mol. The maximum atomic E-state index is 12.4. The van der Waals surface area contributed by atoms with Crippen molar-refractivity contribution in [1.29, 1.82) is 0 Å². The number of esters is 2. The van der Waals surface area contributed by atoms with Gasteiger partial charge in [-0.25, -0.2) is 4.57 Å². The molecule has 0 bridgehead atoms. The first-order valence-electron chi connectivity index (χ1n) is 20.5. The van der Waals surface area contributed by atoms with E-state index in [1.807, 2.05) is 0 Å². The molecule has 0 aromatic heterocycles. The van der Waals surface area contributed by atoms with Crippen LogP contribution >= 0.6 is 7.82 Å². The molecule has 0 saturated carbocycles. The third-order valence-corrected chi connectivity index (χ3v) is 9.52. The van der Waals surface area contributed by atoms with Crippen molar-refractivity contribution in [1.82, 2.24) is 0 Å². The lowest BCUT2D eigenvalue weighted by Gasteiger charge is -2.18. The van der Waals surface area contributed by atoms with Crippen LogP contribution in [0.3, 0.4) is 0 Å². The maximum absolute atomic E-state index is 12.4. The van der Waals surface area contributed by atoms with Crippen LogP contribution in [0.25, 0.3) is 0 Å². The molecule has 9 heteroatoms. The van der Waals surface area contributed by atoms with E-state index in [2.05, 4.69) is 30.5 Å².